The Morgan fingerprint density at radius 3 is 1.54 bits per heavy atom. The zero-order valence-corrected chi connectivity index (χ0v) is 27.0. The molecule has 0 N–H and O–H groups in total. The molecule has 8 nitrogen and oxygen atoms in total. The molecular formula is C40H41NO7. The van der Waals surface area contributed by atoms with E-state index in [0.717, 1.165) is 22.3 Å². The standard InChI is InChI=1S/C40H41NO7/c1-42-34-23-14-24-41-39(34)48-40-38(46-28-33-21-12-5-13-22-33)37(45-27-32-19-10-4-11-20-32)36(44-26-31-17-8-3-9-18-31)35(47-40)29-43-25-30-15-6-2-7-16-30/h2-24,35-38,40H,25-29H2,1H3/t35-,36+,37+,38-,40+/m1/s1. The second-order valence-electron chi connectivity index (χ2n) is 11.5. The quantitative estimate of drug-likeness (QED) is 0.112. The van der Waals surface area contributed by atoms with Crippen LogP contribution in [0.3, 0.4) is 0 Å². The normalized spacial score (nSPS) is 20.6. The number of nitrogens with zero attached hydrogens (tertiary/aromatic N) is 1. The second kappa shape index (κ2) is 17.5. The van der Waals surface area contributed by atoms with Crippen molar-refractivity contribution >= 4 is 0 Å². The molecule has 0 unspecified atom stereocenters. The molecule has 1 fully saturated rings. The van der Waals surface area contributed by atoms with Gasteiger partial charge >= 0.3 is 0 Å². The Kier molecular flexibility index (Phi) is 12.2. The molecule has 1 aliphatic heterocycles. The Balaban J connectivity index is 1.33. The van der Waals surface area contributed by atoms with Crippen molar-refractivity contribution in [2.75, 3.05) is 13.7 Å². The Labute approximate surface area is 282 Å². The van der Waals surface area contributed by atoms with E-state index in [0.29, 0.717) is 32.2 Å². The molecule has 1 aliphatic rings. The monoisotopic (exact) mass is 647 g/mol. The molecule has 48 heavy (non-hydrogen) atoms. The first kappa shape index (κ1) is 33.3. The summed E-state index contributed by atoms with van der Waals surface area (Å²) < 4.78 is 45.2. The highest BCUT2D eigenvalue weighted by Crippen LogP contribution is 2.34. The van der Waals surface area contributed by atoms with Crippen LogP contribution in [0.15, 0.2) is 140 Å². The SMILES string of the molecule is COc1cccnc1O[C@@H]1O[C@H](COCc2ccccc2)[C@H](OCc2ccccc2)[C@H](OCc2ccccc2)[C@H]1OCc1ccccc1. The lowest BCUT2D eigenvalue weighted by atomic mass is 9.97. The highest BCUT2D eigenvalue weighted by Gasteiger charge is 2.50. The predicted molar refractivity (Wildman–Crippen MR) is 181 cm³/mol. The first-order chi connectivity index (χ1) is 23.8. The number of benzene rings is 4. The van der Waals surface area contributed by atoms with E-state index in [9.17, 15) is 0 Å². The molecule has 5 aromatic rings. The molecule has 0 spiro atoms. The maximum Gasteiger partial charge on any atom is 0.259 e. The Morgan fingerprint density at radius 1 is 0.542 bits per heavy atom. The lowest BCUT2D eigenvalue weighted by Crippen LogP contribution is -2.62. The molecule has 2 heterocycles. The smallest absolute Gasteiger partial charge is 0.259 e. The Bertz CT molecular complexity index is 1630. The van der Waals surface area contributed by atoms with Crippen LogP contribution in [0.1, 0.15) is 22.3 Å². The van der Waals surface area contributed by atoms with Gasteiger partial charge in [-0.1, -0.05) is 121 Å². The molecular weight excluding hydrogens is 606 g/mol. The summed E-state index contributed by atoms with van der Waals surface area (Å²) in [6.07, 6.45) is -1.76. The lowest BCUT2D eigenvalue weighted by molar-refractivity contribution is -0.310. The largest absolute Gasteiger partial charge is 0.491 e. The number of hydrogen-bond acceptors (Lipinski definition) is 8. The molecule has 0 amide bonds. The summed E-state index contributed by atoms with van der Waals surface area (Å²) in [5.41, 5.74) is 4.11. The molecule has 5 atom stereocenters. The van der Waals surface area contributed by atoms with Crippen LogP contribution in [0.25, 0.3) is 0 Å². The fourth-order valence-electron chi connectivity index (χ4n) is 5.57. The van der Waals surface area contributed by atoms with Gasteiger partial charge in [-0.15, -0.1) is 0 Å². The first-order valence-electron chi connectivity index (χ1n) is 16.2. The van der Waals surface area contributed by atoms with Gasteiger partial charge in [0.25, 0.3) is 5.88 Å². The average Bonchev–Trinajstić information content (AvgIpc) is 3.15. The fourth-order valence-corrected chi connectivity index (χ4v) is 5.57. The van der Waals surface area contributed by atoms with Crippen LogP contribution in [-0.2, 0) is 50.1 Å². The Hall–Kier alpha value is -4.57. The van der Waals surface area contributed by atoms with Crippen molar-refractivity contribution in [3.05, 3.63) is 162 Å². The lowest BCUT2D eigenvalue weighted by Gasteiger charge is -2.45. The summed E-state index contributed by atoms with van der Waals surface area (Å²) in [7, 11) is 1.58. The molecule has 0 bridgehead atoms. The van der Waals surface area contributed by atoms with Gasteiger partial charge in [-0.25, -0.2) is 4.98 Å². The van der Waals surface area contributed by atoms with Gasteiger partial charge in [0.1, 0.15) is 24.4 Å². The van der Waals surface area contributed by atoms with Gasteiger partial charge in [0.2, 0.25) is 6.29 Å². The Morgan fingerprint density at radius 2 is 1.02 bits per heavy atom. The molecule has 0 radical (unpaired) electrons. The van der Waals surface area contributed by atoms with Gasteiger partial charge in [0.05, 0.1) is 40.1 Å². The van der Waals surface area contributed by atoms with E-state index in [2.05, 4.69) is 4.98 Å². The highest BCUT2D eigenvalue weighted by molar-refractivity contribution is 5.32. The summed E-state index contributed by atoms with van der Waals surface area (Å²) in [4.78, 5) is 4.45. The van der Waals surface area contributed by atoms with Crippen LogP contribution >= 0.6 is 0 Å². The number of rotatable bonds is 16. The summed E-state index contributed by atoms with van der Waals surface area (Å²) in [6, 6.07) is 43.7. The molecule has 0 saturated carbocycles. The van der Waals surface area contributed by atoms with E-state index < -0.39 is 30.7 Å². The van der Waals surface area contributed by atoms with E-state index in [4.69, 9.17) is 33.2 Å². The van der Waals surface area contributed by atoms with Crippen molar-refractivity contribution in [3.8, 4) is 11.6 Å². The van der Waals surface area contributed by atoms with Gasteiger partial charge in [-0.3, -0.25) is 0 Å². The van der Waals surface area contributed by atoms with Crippen molar-refractivity contribution < 1.29 is 33.2 Å². The topological polar surface area (TPSA) is 77.5 Å². The zero-order valence-electron chi connectivity index (χ0n) is 27.0. The maximum atomic E-state index is 6.77. The van der Waals surface area contributed by atoms with E-state index in [1.54, 1.807) is 25.4 Å². The minimum Gasteiger partial charge on any atom is -0.491 e. The number of aromatic nitrogens is 1. The van der Waals surface area contributed by atoms with Crippen molar-refractivity contribution in [1.82, 2.24) is 4.98 Å². The van der Waals surface area contributed by atoms with Gasteiger partial charge < -0.3 is 33.2 Å². The van der Waals surface area contributed by atoms with Gasteiger partial charge in [-0.2, -0.15) is 0 Å². The summed E-state index contributed by atoms with van der Waals surface area (Å²) in [5, 5.41) is 0. The fraction of sp³-hybridized carbons (Fsp3) is 0.275. The van der Waals surface area contributed by atoms with Crippen LogP contribution < -0.4 is 9.47 Å². The minimum atomic E-state index is -0.930. The maximum absolute atomic E-state index is 6.77. The molecule has 4 aromatic carbocycles. The van der Waals surface area contributed by atoms with Crippen molar-refractivity contribution in [3.63, 3.8) is 0 Å². The molecule has 248 valence electrons. The minimum absolute atomic E-state index is 0.226. The summed E-state index contributed by atoms with van der Waals surface area (Å²) in [5.74, 6) is 0.761. The predicted octanol–water partition coefficient (Wildman–Crippen LogP) is 7.17. The third-order valence-electron chi connectivity index (χ3n) is 8.02. The highest BCUT2D eigenvalue weighted by atomic mass is 16.7. The molecule has 6 rings (SSSR count). The van der Waals surface area contributed by atoms with Gasteiger partial charge in [-0.05, 0) is 34.4 Å². The van der Waals surface area contributed by atoms with Crippen molar-refractivity contribution in [1.29, 1.82) is 0 Å². The average molecular weight is 648 g/mol. The van der Waals surface area contributed by atoms with Crippen LogP contribution in [0.4, 0.5) is 0 Å². The third-order valence-corrected chi connectivity index (χ3v) is 8.02. The number of ether oxygens (including phenoxy) is 7. The van der Waals surface area contributed by atoms with E-state index in [-0.39, 0.29) is 12.5 Å². The van der Waals surface area contributed by atoms with Gasteiger partial charge in [0, 0.05) is 6.20 Å². The van der Waals surface area contributed by atoms with E-state index in [1.807, 2.05) is 121 Å². The number of pyridine rings is 1. The zero-order chi connectivity index (χ0) is 32.8. The summed E-state index contributed by atoms with van der Waals surface area (Å²) >= 11 is 0. The molecule has 1 aromatic heterocycles. The summed E-state index contributed by atoms with van der Waals surface area (Å²) in [6.45, 7) is 1.62. The number of hydrogen-bond donors (Lipinski definition) is 0. The molecule has 1 saturated heterocycles. The number of methoxy groups -OCH3 is 1. The third kappa shape index (κ3) is 9.28. The van der Waals surface area contributed by atoms with E-state index in [1.165, 1.54) is 0 Å². The van der Waals surface area contributed by atoms with Crippen LogP contribution in [-0.4, -0.2) is 49.4 Å². The van der Waals surface area contributed by atoms with Crippen LogP contribution in [0, 0.1) is 0 Å². The van der Waals surface area contributed by atoms with Gasteiger partial charge in [0.15, 0.2) is 5.75 Å². The van der Waals surface area contributed by atoms with Crippen LogP contribution in [0.5, 0.6) is 11.6 Å². The second-order valence-corrected chi connectivity index (χ2v) is 11.5. The molecule has 0 aliphatic carbocycles. The van der Waals surface area contributed by atoms with E-state index >= 15 is 0 Å². The van der Waals surface area contributed by atoms with Crippen LogP contribution in [0.2, 0.25) is 0 Å². The van der Waals surface area contributed by atoms with Crippen molar-refractivity contribution in [2.24, 2.45) is 0 Å². The first-order valence-corrected chi connectivity index (χ1v) is 16.2. The van der Waals surface area contributed by atoms with Crippen molar-refractivity contribution in [2.45, 2.75) is 57.1 Å². The molecule has 8 heteroatoms.